The van der Waals surface area contributed by atoms with Crippen molar-refractivity contribution in [2.24, 2.45) is 5.84 Å². The van der Waals surface area contributed by atoms with Gasteiger partial charge in [0.2, 0.25) is 5.95 Å². The summed E-state index contributed by atoms with van der Waals surface area (Å²) in [5.41, 5.74) is 4.62. The Bertz CT molecular complexity index is 696. The van der Waals surface area contributed by atoms with Gasteiger partial charge in [0.1, 0.15) is 5.82 Å². The number of pyridine rings is 1. The summed E-state index contributed by atoms with van der Waals surface area (Å²) in [6.07, 6.45) is 4.51. The SMILES string of the molecule is NNc1nc(NCCc2ccncc2)c2sccc2n1. The maximum atomic E-state index is 5.39. The van der Waals surface area contributed by atoms with Crippen LogP contribution in [0.1, 0.15) is 5.56 Å². The molecule has 102 valence electrons. The lowest BCUT2D eigenvalue weighted by atomic mass is 10.2. The highest BCUT2D eigenvalue weighted by atomic mass is 32.1. The summed E-state index contributed by atoms with van der Waals surface area (Å²) in [4.78, 5) is 12.7. The molecule has 6 nitrogen and oxygen atoms in total. The maximum absolute atomic E-state index is 5.39. The van der Waals surface area contributed by atoms with Crippen molar-refractivity contribution in [3.05, 3.63) is 41.5 Å². The van der Waals surface area contributed by atoms with E-state index in [4.69, 9.17) is 5.84 Å². The molecule has 0 amide bonds. The van der Waals surface area contributed by atoms with Crippen molar-refractivity contribution < 1.29 is 0 Å². The second-order valence-corrected chi connectivity index (χ2v) is 5.12. The molecule has 0 aliphatic heterocycles. The molecule has 0 fully saturated rings. The minimum atomic E-state index is 0.419. The van der Waals surface area contributed by atoms with E-state index in [0.717, 1.165) is 29.0 Å². The fourth-order valence-electron chi connectivity index (χ4n) is 1.92. The van der Waals surface area contributed by atoms with Crippen LogP contribution in [0.15, 0.2) is 36.0 Å². The molecule has 0 unspecified atom stereocenters. The monoisotopic (exact) mass is 286 g/mol. The molecule has 0 radical (unpaired) electrons. The van der Waals surface area contributed by atoms with E-state index in [1.807, 2.05) is 23.6 Å². The van der Waals surface area contributed by atoms with E-state index >= 15 is 0 Å². The fourth-order valence-corrected chi connectivity index (χ4v) is 2.72. The number of fused-ring (bicyclic) bond motifs is 1. The molecule has 3 rings (SSSR count). The zero-order chi connectivity index (χ0) is 13.8. The number of rotatable bonds is 5. The third kappa shape index (κ3) is 2.68. The van der Waals surface area contributed by atoms with Crippen molar-refractivity contribution in [2.75, 3.05) is 17.3 Å². The highest BCUT2D eigenvalue weighted by Crippen LogP contribution is 2.26. The first kappa shape index (κ1) is 12.8. The van der Waals surface area contributed by atoms with Crippen LogP contribution in [-0.4, -0.2) is 21.5 Å². The highest BCUT2D eigenvalue weighted by Gasteiger charge is 2.07. The summed E-state index contributed by atoms with van der Waals surface area (Å²) in [7, 11) is 0. The minimum Gasteiger partial charge on any atom is -0.368 e. The Hall–Kier alpha value is -2.25. The molecular formula is C13H14N6S. The van der Waals surface area contributed by atoms with E-state index in [9.17, 15) is 0 Å². The number of aromatic nitrogens is 3. The van der Waals surface area contributed by atoms with Gasteiger partial charge in [-0.1, -0.05) is 0 Å². The van der Waals surface area contributed by atoms with E-state index < -0.39 is 0 Å². The molecule has 0 saturated heterocycles. The van der Waals surface area contributed by atoms with Gasteiger partial charge in [-0.25, -0.2) is 10.8 Å². The van der Waals surface area contributed by atoms with Gasteiger partial charge in [0.25, 0.3) is 0 Å². The summed E-state index contributed by atoms with van der Waals surface area (Å²) in [5.74, 6) is 6.62. The molecule has 0 aliphatic carbocycles. The molecular weight excluding hydrogens is 272 g/mol. The number of nitrogen functional groups attached to an aromatic ring is 1. The van der Waals surface area contributed by atoms with Gasteiger partial charge < -0.3 is 5.32 Å². The quantitative estimate of drug-likeness (QED) is 0.491. The average Bonchev–Trinajstić information content (AvgIpc) is 2.96. The predicted molar refractivity (Wildman–Crippen MR) is 81.7 cm³/mol. The first-order chi connectivity index (χ1) is 9.86. The number of nitrogens with one attached hydrogen (secondary N) is 2. The molecule has 20 heavy (non-hydrogen) atoms. The van der Waals surface area contributed by atoms with Crippen molar-refractivity contribution in [3.8, 4) is 0 Å². The van der Waals surface area contributed by atoms with Gasteiger partial charge in [-0.05, 0) is 35.6 Å². The molecule has 0 aromatic carbocycles. The van der Waals surface area contributed by atoms with E-state index in [2.05, 4.69) is 25.7 Å². The molecule has 3 aromatic rings. The number of hydrogen-bond acceptors (Lipinski definition) is 7. The summed E-state index contributed by atoms with van der Waals surface area (Å²) < 4.78 is 1.04. The smallest absolute Gasteiger partial charge is 0.239 e. The molecule has 4 N–H and O–H groups in total. The van der Waals surface area contributed by atoms with Gasteiger partial charge >= 0.3 is 0 Å². The molecule has 0 bridgehead atoms. The summed E-state index contributed by atoms with van der Waals surface area (Å²) >= 11 is 1.61. The van der Waals surface area contributed by atoms with Crippen LogP contribution in [0.5, 0.6) is 0 Å². The molecule has 0 atom stereocenters. The van der Waals surface area contributed by atoms with Crippen LogP contribution < -0.4 is 16.6 Å². The molecule has 3 aromatic heterocycles. The zero-order valence-corrected chi connectivity index (χ0v) is 11.5. The largest absolute Gasteiger partial charge is 0.368 e. The topological polar surface area (TPSA) is 88.8 Å². The third-order valence-electron chi connectivity index (χ3n) is 2.89. The van der Waals surface area contributed by atoms with Gasteiger partial charge in [-0.2, -0.15) is 4.98 Å². The number of nitrogens with zero attached hydrogens (tertiary/aromatic N) is 3. The van der Waals surface area contributed by atoms with E-state index in [1.54, 1.807) is 23.7 Å². The van der Waals surface area contributed by atoms with Gasteiger partial charge in [0.05, 0.1) is 10.2 Å². The van der Waals surface area contributed by atoms with Crippen molar-refractivity contribution in [1.29, 1.82) is 0 Å². The molecule has 7 heteroatoms. The van der Waals surface area contributed by atoms with E-state index in [-0.39, 0.29) is 0 Å². The zero-order valence-electron chi connectivity index (χ0n) is 10.7. The Kier molecular flexibility index (Phi) is 3.71. The second kappa shape index (κ2) is 5.81. The van der Waals surface area contributed by atoms with Crippen LogP contribution in [0.25, 0.3) is 10.2 Å². The Morgan fingerprint density at radius 3 is 2.80 bits per heavy atom. The van der Waals surface area contributed by atoms with Crippen LogP contribution in [0.3, 0.4) is 0 Å². The Morgan fingerprint density at radius 1 is 1.15 bits per heavy atom. The van der Waals surface area contributed by atoms with E-state index in [0.29, 0.717) is 5.95 Å². The lowest BCUT2D eigenvalue weighted by Crippen LogP contribution is -2.13. The highest BCUT2D eigenvalue weighted by molar-refractivity contribution is 7.17. The predicted octanol–water partition coefficient (Wildman–Crippen LogP) is 2.03. The van der Waals surface area contributed by atoms with Gasteiger partial charge in [-0.15, -0.1) is 11.3 Å². The number of anilines is 2. The van der Waals surface area contributed by atoms with E-state index in [1.165, 1.54) is 5.56 Å². The summed E-state index contributed by atoms with van der Waals surface area (Å²) in [6.45, 7) is 0.790. The lowest BCUT2D eigenvalue weighted by molar-refractivity contribution is 1.000. The Morgan fingerprint density at radius 2 is 2.00 bits per heavy atom. The van der Waals surface area contributed by atoms with Crippen molar-refractivity contribution in [1.82, 2.24) is 15.0 Å². The fraction of sp³-hybridized carbons (Fsp3) is 0.154. The van der Waals surface area contributed by atoms with Crippen LogP contribution in [-0.2, 0) is 6.42 Å². The molecule has 3 heterocycles. The minimum absolute atomic E-state index is 0.419. The van der Waals surface area contributed by atoms with Crippen molar-refractivity contribution in [2.45, 2.75) is 6.42 Å². The number of hydrazine groups is 1. The first-order valence-electron chi connectivity index (χ1n) is 6.21. The van der Waals surface area contributed by atoms with Crippen molar-refractivity contribution >= 4 is 33.3 Å². The number of thiophene rings is 1. The Balaban J connectivity index is 1.75. The van der Waals surface area contributed by atoms with Crippen LogP contribution >= 0.6 is 11.3 Å². The van der Waals surface area contributed by atoms with Crippen LogP contribution in [0.2, 0.25) is 0 Å². The number of nitrogens with two attached hydrogens (primary N) is 1. The Labute approximate surface area is 120 Å². The van der Waals surface area contributed by atoms with Gasteiger partial charge in [-0.3, -0.25) is 10.4 Å². The normalized spacial score (nSPS) is 10.7. The lowest BCUT2D eigenvalue weighted by Gasteiger charge is -2.08. The maximum Gasteiger partial charge on any atom is 0.239 e. The summed E-state index contributed by atoms with van der Waals surface area (Å²) in [5, 5.41) is 5.33. The molecule has 0 aliphatic rings. The third-order valence-corrected chi connectivity index (χ3v) is 3.80. The van der Waals surface area contributed by atoms with Gasteiger partial charge in [0.15, 0.2) is 0 Å². The van der Waals surface area contributed by atoms with Crippen LogP contribution in [0.4, 0.5) is 11.8 Å². The molecule has 0 saturated carbocycles. The number of hydrogen-bond donors (Lipinski definition) is 3. The van der Waals surface area contributed by atoms with Gasteiger partial charge in [0, 0.05) is 18.9 Å². The average molecular weight is 286 g/mol. The first-order valence-corrected chi connectivity index (χ1v) is 7.09. The van der Waals surface area contributed by atoms with Crippen molar-refractivity contribution in [3.63, 3.8) is 0 Å². The second-order valence-electron chi connectivity index (χ2n) is 4.21. The standard InChI is InChI=1S/C13H14N6S/c14-19-13-17-10-4-8-20-11(10)12(18-13)16-7-3-9-1-5-15-6-2-9/h1-2,4-6,8H,3,7,14H2,(H2,16,17,18,19). The molecule has 0 spiro atoms. The summed E-state index contributed by atoms with van der Waals surface area (Å²) in [6, 6.07) is 5.97. The van der Waals surface area contributed by atoms with Crippen LogP contribution in [0, 0.1) is 0 Å².